The number of hydrogen-bond donors (Lipinski definition) is 1. The molecule has 1 N–H and O–H groups in total. The van der Waals surface area contributed by atoms with E-state index in [1.165, 1.54) is 0 Å². The molecule has 0 aromatic carbocycles. The predicted octanol–water partition coefficient (Wildman–Crippen LogP) is 0.632. The number of alkyl halides is 1. The summed E-state index contributed by atoms with van der Waals surface area (Å²) in [5.41, 5.74) is 0. The first kappa shape index (κ1) is 10.6. The van der Waals surface area contributed by atoms with Gasteiger partial charge in [-0.2, -0.15) is 0 Å². The summed E-state index contributed by atoms with van der Waals surface area (Å²) in [6, 6.07) is -0.486. The van der Waals surface area contributed by atoms with E-state index in [-0.39, 0.29) is 17.2 Å². The quantitative estimate of drug-likeness (QED) is 0.707. The van der Waals surface area contributed by atoms with E-state index < -0.39 is 6.04 Å². The van der Waals surface area contributed by atoms with Crippen molar-refractivity contribution in [1.29, 1.82) is 0 Å². The van der Waals surface area contributed by atoms with Crippen LogP contribution in [0.4, 0.5) is 0 Å². The van der Waals surface area contributed by atoms with Crippen LogP contribution >= 0.6 is 15.9 Å². The van der Waals surface area contributed by atoms with Crippen molar-refractivity contribution in [2.75, 3.05) is 5.33 Å². The van der Waals surface area contributed by atoms with Crippen molar-refractivity contribution in [2.45, 2.75) is 19.9 Å². The molecule has 1 atom stereocenters. The van der Waals surface area contributed by atoms with Crippen LogP contribution in [0, 0.1) is 5.92 Å². The molecule has 3 nitrogen and oxygen atoms in total. The Hall–Kier alpha value is -0.380. The Morgan fingerprint density at radius 2 is 2.18 bits per heavy atom. The summed E-state index contributed by atoms with van der Waals surface area (Å²) < 4.78 is 0. The Balaban J connectivity index is 3.87. The summed E-state index contributed by atoms with van der Waals surface area (Å²) in [5, 5.41) is 2.73. The van der Waals surface area contributed by atoms with Crippen LogP contribution in [0.15, 0.2) is 0 Å². The Kier molecular flexibility index (Phi) is 5.11. The molecule has 0 saturated carbocycles. The minimum Gasteiger partial charge on any atom is -0.345 e. The SMILES string of the molecule is CC(C)[C@@H]([C]=O)NC(=O)CBr. The number of hydrogen-bond acceptors (Lipinski definition) is 2. The van der Waals surface area contributed by atoms with Gasteiger partial charge >= 0.3 is 0 Å². The van der Waals surface area contributed by atoms with Crippen molar-refractivity contribution >= 4 is 28.1 Å². The van der Waals surface area contributed by atoms with Gasteiger partial charge in [-0.1, -0.05) is 29.8 Å². The minimum absolute atomic E-state index is 0.0931. The Bertz CT molecular complexity index is 147. The highest BCUT2D eigenvalue weighted by molar-refractivity contribution is 9.09. The van der Waals surface area contributed by atoms with Crippen molar-refractivity contribution in [2.24, 2.45) is 5.92 Å². The first-order valence-corrected chi connectivity index (χ1v) is 4.47. The van der Waals surface area contributed by atoms with Crippen molar-refractivity contribution in [1.82, 2.24) is 5.32 Å². The lowest BCUT2D eigenvalue weighted by molar-refractivity contribution is -0.119. The summed E-state index contributed by atoms with van der Waals surface area (Å²) in [7, 11) is 0. The van der Waals surface area contributed by atoms with E-state index in [4.69, 9.17) is 0 Å². The van der Waals surface area contributed by atoms with Gasteiger partial charge in [-0.05, 0) is 5.92 Å². The lowest BCUT2D eigenvalue weighted by Crippen LogP contribution is -2.40. The summed E-state index contributed by atoms with van der Waals surface area (Å²) in [6.07, 6.45) is 1.76. The highest BCUT2D eigenvalue weighted by atomic mass is 79.9. The zero-order valence-corrected chi connectivity index (χ0v) is 8.14. The van der Waals surface area contributed by atoms with E-state index in [0.29, 0.717) is 0 Å². The van der Waals surface area contributed by atoms with Crippen LogP contribution in [0.1, 0.15) is 13.8 Å². The molecule has 0 aliphatic rings. The van der Waals surface area contributed by atoms with Crippen LogP contribution < -0.4 is 5.32 Å². The van der Waals surface area contributed by atoms with Gasteiger partial charge in [0, 0.05) is 0 Å². The second kappa shape index (κ2) is 5.29. The number of nitrogens with one attached hydrogen (secondary N) is 1. The molecule has 0 heterocycles. The lowest BCUT2D eigenvalue weighted by Gasteiger charge is -2.13. The third-order valence-electron chi connectivity index (χ3n) is 1.23. The fraction of sp³-hybridized carbons (Fsp3) is 0.714. The summed E-state index contributed by atoms with van der Waals surface area (Å²) in [4.78, 5) is 21.0. The Morgan fingerprint density at radius 3 is 2.45 bits per heavy atom. The van der Waals surface area contributed by atoms with Crippen molar-refractivity contribution < 1.29 is 9.59 Å². The molecule has 63 valence electrons. The van der Waals surface area contributed by atoms with Gasteiger partial charge in [0.25, 0.3) is 0 Å². The van der Waals surface area contributed by atoms with E-state index >= 15 is 0 Å². The molecule has 0 aromatic rings. The second-order valence-corrected chi connectivity index (χ2v) is 3.10. The van der Waals surface area contributed by atoms with Gasteiger partial charge in [-0.3, -0.25) is 9.59 Å². The van der Waals surface area contributed by atoms with E-state index in [0.717, 1.165) is 0 Å². The van der Waals surface area contributed by atoms with E-state index in [9.17, 15) is 9.59 Å². The maximum atomic E-state index is 10.7. The first-order chi connectivity index (χ1) is 5.11. The van der Waals surface area contributed by atoms with Crippen LogP contribution in [0.3, 0.4) is 0 Å². The summed E-state index contributed by atoms with van der Waals surface area (Å²) >= 11 is 2.98. The molecule has 11 heavy (non-hydrogen) atoms. The predicted molar refractivity (Wildman–Crippen MR) is 46.3 cm³/mol. The molecule has 0 aromatic heterocycles. The van der Waals surface area contributed by atoms with Crippen LogP contribution in [-0.4, -0.2) is 23.6 Å². The summed E-state index contributed by atoms with van der Waals surface area (Å²) in [6.45, 7) is 3.70. The van der Waals surface area contributed by atoms with Crippen LogP contribution in [-0.2, 0) is 9.59 Å². The summed E-state index contributed by atoms with van der Waals surface area (Å²) in [5.74, 6) is -0.0949. The average Bonchev–Trinajstić information content (AvgIpc) is 1.99. The lowest BCUT2D eigenvalue weighted by atomic mass is 10.1. The fourth-order valence-corrected chi connectivity index (χ4v) is 0.706. The van der Waals surface area contributed by atoms with Gasteiger partial charge in [0.1, 0.15) is 0 Å². The number of carbonyl (C=O) groups excluding carboxylic acids is 2. The third kappa shape index (κ3) is 4.14. The molecule has 0 spiro atoms. The normalized spacial score (nSPS) is 12.7. The molecular formula is C7H11BrNO2. The third-order valence-corrected chi connectivity index (χ3v) is 1.74. The standard InChI is InChI=1S/C7H11BrNO2/c1-5(2)6(4-10)9-7(11)3-8/h5-6H,3H2,1-2H3,(H,9,11)/t6-/m1/s1. The smallest absolute Gasteiger partial charge is 0.231 e. The average molecular weight is 221 g/mol. The molecule has 0 aliphatic heterocycles. The van der Waals surface area contributed by atoms with E-state index in [1.54, 1.807) is 6.29 Å². The van der Waals surface area contributed by atoms with Crippen LogP contribution in [0.25, 0.3) is 0 Å². The number of rotatable bonds is 4. The van der Waals surface area contributed by atoms with Gasteiger partial charge in [0.2, 0.25) is 12.2 Å². The molecule has 1 radical (unpaired) electrons. The van der Waals surface area contributed by atoms with Gasteiger partial charge < -0.3 is 5.32 Å². The first-order valence-electron chi connectivity index (χ1n) is 3.34. The van der Waals surface area contributed by atoms with Gasteiger partial charge in [0.05, 0.1) is 11.4 Å². The van der Waals surface area contributed by atoms with Crippen LogP contribution in [0.2, 0.25) is 0 Å². The molecule has 0 bridgehead atoms. The number of amides is 1. The molecule has 0 fully saturated rings. The van der Waals surface area contributed by atoms with Crippen molar-refractivity contribution in [3.05, 3.63) is 0 Å². The zero-order chi connectivity index (χ0) is 8.85. The molecule has 4 heteroatoms. The molecule has 0 unspecified atom stereocenters. The maximum absolute atomic E-state index is 10.7. The second-order valence-electron chi connectivity index (χ2n) is 2.54. The Morgan fingerprint density at radius 1 is 1.64 bits per heavy atom. The highest BCUT2D eigenvalue weighted by Gasteiger charge is 2.14. The molecule has 0 rings (SSSR count). The molecule has 1 amide bonds. The zero-order valence-electron chi connectivity index (χ0n) is 6.56. The molecule has 0 saturated heterocycles. The topological polar surface area (TPSA) is 46.2 Å². The van der Waals surface area contributed by atoms with Gasteiger partial charge in [-0.15, -0.1) is 0 Å². The number of halogens is 1. The van der Waals surface area contributed by atoms with Crippen molar-refractivity contribution in [3.8, 4) is 0 Å². The number of carbonyl (C=O) groups is 1. The van der Waals surface area contributed by atoms with Gasteiger partial charge in [-0.25, -0.2) is 0 Å². The molecule has 0 aliphatic carbocycles. The largest absolute Gasteiger partial charge is 0.345 e. The molecular weight excluding hydrogens is 210 g/mol. The van der Waals surface area contributed by atoms with Gasteiger partial charge in [0.15, 0.2) is 0 Å². The van der Waals surface area contributed by atoms with E-state index in [2.05, 4.69) is 21.2 Å². The van der Waals surface area contributed by atoms with Crippen molar-refractivity contribution in [3.63, 3.8) is 0 Å². The minimum atomic E-state index is -0.486. The van der Waals surface area contributed by atoms with E-state index in [1.807, 2.05) is 13.8 Å². The maximum Gasteiger partial charge on any atom is 0.231 e. The monoisotopic (exact) mass is 220 g/mol. The Labute approximate surface area is 74.7 Å². The highest BCUT2D eigenvalue weighted by Crippen LogP contribution is 1.98. The van der Waals surface area contributed by atoms with Crippen LogP contribution in [0.5, 0.6) is 0 Å². The fourth-order valence-electron chi connectivity index (χ4n) is 0.544.